The Morgan fingerprint density at radius 2 is 2.21 bits per heavy atom. The molecule has 1 unspecified atom stereocenters. The Bertz CT molecular complexity index is 537. The van der Waals surface area contributed by atoms with Crippen molar-refractivity contribution in [3.8, 4) is 5.75 Å². The predicted octanol–water partition coefficient (Wildman–Crippen LogP) is 3.27. The smallest absolute Gasteiger partial charge is 0.128 e. The lowest BCUT2D eigenvalue weighted by Crippen LogP contribution is -2.19. The number of aryl methyl sites for hydroxylation is 1. The van der Waals surface area contributed by atoms with E-state index in [1.165, 1.54) is 4.88 Å². The van der Waals surface area contributed by atoms with Crippen LogP contribution in [-0.4, -0.2) is 19.1 Å². The second-order valence-corrected chi connectivity index (χ2v) is 5.59. The Morgan fingerprint density at radius 1 is 1.42 bits per heavy atom. The molecule has 19 heavy (non-hydrogen) atoms. The number of hydrogen-bond acceptors (Lipinski definition) is 4. The van der Waals surface area contributed by atoms with Crippen molar-refractivity contribution in [2.45, 2.75) is 26.3 Å². The number of hydrogen-bond donors (Lipinski definition) is 1. The zero-order chi connectivity index (χ0) is 13.8. The average Bonchev–Trinajstić information content (AvgIpc) is 2.92. The van der Waals surface area contributed by atoms with Gasteiger partial charge in [0.1, 0.15) is 5.75 Å². The second-order valence-electron chi connectivity index (χ2n) is 4.61. The van der Waals surface area contributed by atoms with Crippen LogP contribution in [0.2, 0.25) is 0 Å². The van der Waals surface area contributed by atoms with E-state index in [0.29, 0.717) is 6.04 Å². The minimum atomic E-state index is 0.304. The van der Waals surface area contributed by atoms with Crippen LogP contribution in [0.1, 0.15) is 27.7 Å². The van der Waals surface area contributed by atoms with Crippen molar-refractivity contribution < 1.29 is 4.74 Å². The molecular formula is C15H20N2OS. The van der Waals surface area contributed by atoms with Crippen molar-refractivity contribution in [1.82, 2.24) is 10.3 Å². The maximum absolute atomic E-state index is 5.46. The number of rotatable bonds is 5. The van der Waals surface area contributed by atoms with Gasteiger partial charge >= 0.3 is 0 Å². The molecule has 0 radical (unpaired) electrons. The summed E-state index contributed by atoms with van der Waals surface area (Å²) in [6.07, 6.45) is 2.77. The summed E-state index contributed by atoms with van der Waals surface area (Å²) in [6.45, 7) is 4.10. The first-order valence-electron chi connectivity index (χ1n) is 6.37. The zero-order valence-corrected chi connectivity index (χ0v) is 12.7. The number of thiophene rings is 1. The van der Waals surface area contributed by atoms with Gasteiger partial charge in [-0.15, -0.1) is 11.3 Å². The number of methoxy groups -OCH3 is 1. The third-order valence-electron chi connectivity index (χ3n) is 3.38. The molecule has 0 aliphatic heterocycles. The van der Waals surface area contributed by atoms with Crippen LogP contribution in [0.4, 0.5) is 0 Å². The second kappa shape index (κ2) is 6.17. The molecule has 2 aromatic rings. The Labute approximate surface area is 118 Å². The van der Waals surface area contributed by atoms with E-state index < -0.39 is 0 Å². The summed E-state index contributed by atoms with van der Waals surface area (Å²) in [4.78, 5) is 5.91. The third kappa shape index (κ3) is 2.96. The van der Waals surface area contributed by atoms with Gasteiger partial charge in [0, 0.05) is 40.4 Å². The minimum Gasteiger partial charge on any atom is -0.496 e. The number of nitrogens with one attached hydrogen (secondary N) is 1. The van der Waals surface area contributed by atoms with Gasteiger partial charge in [-0.3, -0.25) is 4.98 Å². The van der Waals surface area contributed by atoms with Gasteiger partial charge in [-0.1, -0.05) is 6.07 Å². The summed E-state index contributed by atoms with van der Waals surface area (Å²) >= 11 is 1.77. The number of ether oxygens (including phenoxy) is 1. The maximum Gasteiger partial charge on any atom is 0.128 e. The minimum absolute atomic E-state index is 0.304. The normalized spacial score (nSPS) is 12.4. The zero-order valence-electron chi connectivity index (χ0n) is 11.9. The van der Waals surface area contributed by atoms with E-state index in [1.807, 2.05) is 20.2 Å². The largest absolute Gasteiger partial charge is 0.496 e. The summed E-state index contributed by atoms with van der Waals surface area (Å²) in [6, 6.07) is 4.55. The van der Waals surface area contributed by atoms with Crippen molar-refractivity contribution in [2.75, 3.05) is 14.2 Å². The van der Waals surface area contributed by atoms with Gasteiger partial charge in [0.15, 0.2) is 0 Å². The van der Waals surface area contributed by atoms with Gasteiger partial charge < -0.3 is 10.1 Å². The molecule has 1 atom stereocenters. The first-order valence-corrected chi connectivity index (χ1v) is 7.25. The van der Waals surface area contributed by atoms with Crippen LogP contribution in [-0.2, 0) is 6.42 Å². The molecule has 2 aromatic heterocycles. The van der Waals surface area contributed by atoms with Gasteiger partial charge in [0.05, 0.1) is 7.11 Å². The summed E-state index contributed by atoms with van der Waals surface area (Å²) in [5.74, 6) is 0.950. The molecule has 0 aromatic carbocycles. The monoisotopic (exact) mass is 276 g/mol. The van der Waals surface area contributed by atoms with Crippen LogP contribution >= 0.6 is 11.3 Å². The molecule has 0 spiro atoms. The fourth-order valence-electron chi connectivity index (χ4n) is 2.30. The first-order chi connectivity index (χ1) is 9.17. The van der Waals surface area contributed by atoms with Crippen LogP contribution in [0.15, 0.2) is 23.7 Å². The summed E-state index contributed by atoms with van der Waals surface area (Å²) in [5, 5.41) is 5.47. The lowest BCUT2D eigenvalue weighted by atomic mass is 10.0. The van der Waals surface area contributed by atoms with Crippen molar-refractivity contribution in [1.29, 1.82) is 0 Å². The highest BCUT2D eigenvalue weighted by atomic mass is 32.1. The van der Waals surface area contributed by atoms with Crippen molar-refractivity contribution in [3.63, 3.8) is 0 Å². The Balaban J connectivity index is 2.28. The van der Waals surface area contributed by atoms with Gasteiger partial charge in [-0.25, -0.2) is 0 Å². The van der Waals surface area contributed by atoms with Gasteiger partial charge in [-0.05, 0) is 32.3 Å². The molecule has 0 saturated heterocycles. The molecular weight excluding hydrogens is 256 g/mol. The summed E-state index contributed by atoms with van der Waals surface area (Å²) in [7, 11) is 3.71. The number of aromatic nitrogens is 1. The molecule has 3 nitrogen and oxygen atoms in total. The molecule has 0 fully saturated rings. The van der Waals surface area contributed by atoms with Crippen molar-refractivity contribution in [3.05, 3.63) is 45.4 Å². The quantitative estimate of drug-likeness (QED) is 0.910. The van der Waals surface area contributed by atoms with Gasteiger partial charge in [0.2, 0.25) is 0 Å². The predicted molar refractivity (Wildman–Crippen MR) is 80.1 cm³/mol. The van der Waals surface area contributed by atoms with E-state index in [2.05, 4.69) is 34.7 Å². The standard InChI is InChI=1S/C15H20N2OS/c1-10-9-17-12(11(2)15(10)18-4)8-13(16-3)14-6-5-7-19-14/h5-7,9,13,16H,8H2,1-4H3. The molecule has 2 heterocycles. The first kappa shape index (κ1) is 14.0. The van der Waals surface area contributed by atoms with Crippen LogP contribution < -0.4 is 10.1 Å². The topological polar surface area (TPSA) is 34.2 Å². The molecule has 0 bridgehead atoms. The lowest BCUT2D eigenvalue weighted by molar-refractivity contribution is 0.406. The molecule has 4 heteroatoms. The average molecular weight is 276 g/mol. The fourth-order valence-corrected chi connectivity index (χ4v) is 3.14. The Kier molecular flexibility index (Phi) is 4.56. The molecule has 0 aliphatic rings. The van der Waals surface area contributed by atoms with Crippen LogP contribution in [0.25, 0.3) is 0 Å². The SMILES string of the molecule is CNC(Cc1ncc(C)c(OC)c1C)c1cccs1. The van der Waals surface area contributed by atoms with E-state index >= 15 is 0 Å². The van der Waals surface area contributed by atoms with E-state index in [-0.39, 0.29) is 0 Å². The van der Waals surface area contributed by atoms with Gasteiger partial charge in [-0.2, -0.15) is 0 Å². The van der Waals surface area contributed by atoms with Crippen molar-refractivity contribution in [2.24, 2.45) is 0 Å². The molecule has 2 rings (SSSR count). The maximum atomic E-state index is 5.46. The van der Waals surface area contributed by atoms with Gasteiger partial charge in [0.25, 0.3) is 0 Å². The van der Waals surface area contributed by atoms with Crippen molar-refractivity contribution >= 4 is 11.3 Å². The van der Waals surface area contributed by atoms with E-state index in [4.69, 9.17) is 4.74 Å². The third-order valence-corrected chi connectivity index (χ3v) is 4.37. The number of likely N-dealkylation sites (N-methyl/N-ethyl adjacent to an activating group) is 1. The highest BCUT2D eigenvalue weighted by molar-refractivity contribution is 7.10. The van der Waals surface area contributed by atoms with Crippen LogP contribution in [0.3, 0.4) is 0 Å². The van der Waals surface area contributed by atoms with E-state index in [1.54, 1.807) is 18.4 Å². The number of pyridine rings is 1. The van der Waals surface area contributed by atoms with Crippen LogP contribution in [0.5, 0.6) is 5.75 Å². The van der Waals surface area contributed by atoms with E-state index in [9.17, 15) is 0 Å². The van der Waals surface area contributed by atoms with E-state index in [0.717, 1.165) is 29.0 Å². The highest BCUT2D eigenvalue weighted by Gasteiger charge is 2.16. The molecule has 1 N–H and O–H groups in total. The summed E-state index contributed by atoms with van der Waals surface area (Å²) in [5.41, 5.74) is 3.32. The number of nitrogens with zero attached hydrogens (tertiary/aromatic N) is 1. The molecule has 0 saturated carbocycles. The Hall–Kier alpha value is -1.39. The highest BCUT2D eigenvalue weighted by Crippen LogP contribution is 2.28. The molecule has 0 amide bonds. The molecule has 0 aliphatic carbocycles. The Morgan fingerprint density at radius 3 is 2.79 bits per heavy atom. The fraction of sp³-hybridized carbons (Fsp3) is 0.400. The lowest BCUT2D eigenvalue weighted by Gasteiger charge is -2.17. The van der Waals surface area contributed by atoms with Crippen LogP contribution in [0, 0.1) is 13.8 Å². The summed E-state index contributed by atoms with van der Waals surface area (Å²) < 4.78 is 5.46. The molecule has 102 valence electrons.